The van der Waals surface area contributed by atoms with Crippen molar-refractivity contribution in [1.29, 1.82) is 0 Å². The van der Waals surface area contributed by atoms with E-state index in [-0.39, 0.29) is 73.1 Å². The number of primary amides is 1. The molecule has 0 aliphatic heterocycles. The number of hydrogen-bond acceptors (Lipinski definition) is 12. The first-order valence-corrected chi connectivity index (χ1v) is 21.0. The standard InChI is InChI=1S/C42H46N6O13S/c1-25(2)37(47-42(53)59-23-35-33-10-5-3-8-31(33)32-9-4-6-11-34(32)35)39(51)46-36(12-7-20-44-41(43)52)38(50)45-27-13-18-30(26(22-27)19-21-62(56,57)58)40(60-24-49)61-29-16-14-28(15-17-29)48(54)55/h3-6,8-11,13-18,22,24-25,35-37,40H,7,12,19-21,23H2,1-2H3,(H,45,50)(H,46,51)(H,47,53)(H3,43,44,52)(H,56,57,58)/t36-,37-,40?/m0/s1. The molecule has 0 radical (unpaired) electrons. The fourth-order valence-electron chi connectivity index (χ4n) is 6.93. The number of fused-ring (bicyclic) bond motifs is 3. The number of nitrogens with one attached hydrogen (secondary N) is 4. The Labute approximate surface area is 356 Å². The lowest BCUT2D eigenvalue weighted by Crippen LogP contribution is -2.54. The topological polar surface area (TPSA) is 285 Å². The van der Waals surface area contributed by atoms with Gasteiger partial charge in [0.2, 0.25) is 11.8 Å². The average molecular weight is 875 g/mol. The Morgan fingerprint density at radius 2 is 1.56 bits per heavy atom. The summed E-state index contributed by atoms with van der Waals surface area (Å²) in [5, 5.41) is 21.5. The van der Waals surface area contributed by atoms with Gasteiger partial charge in [-0.25, -0.2) is 9.59 Å². The fourth-order valence-corrected chi connectivity index (χ4v) is 7.41. The van der Waals surface area contributed by atoms with Crippen molar-refractivity contribution in [2.75, 3.05) is 24.2 Å². The molecule has 0 bridgehead atoms. The van der Waals surface area contributed by atoms with Gasteiger partial charge in [0.1, 0.15) is 24.4 Å². The van der Waals surface area contributed by atoms with Crippen molar-refractivity contribution >= 4 is 51.9 Å². The van der Waals surface area contributed by atoms with E-state index in [1.165, 1.54) is 30.3 Å². The van der Waals surface area contributed by atoms with Gasteiger partial charge in [-0.15, -0.1) is 0 Å². The predicted molar refractivity (Wildman–Crippen MR) is 224 cm³/mol. The molecule has 1 aliphatic carbocycles. The Kier molecular flexibility index (Phi) is 15.6. The van der Waals surface area contributed by atoms with E-state index < -0.39 is 69.0 Å². The highest BCUT2D eigenvalue weighted by Crippen LogP contribution is 2.44. The number of hydrogen-bond donors (Lipinski definition) is 6. The van der Waals surface area contributed by atoms with Crippen molar-refractivity contribution < 1.29 is 56.1 Å². The summed E-state index contributed by atoms with van der Waals surface area (Å²) in [7, 11) is -4.51. The molecule has 0 aromatic heterocycles. The van der Waals surface area contributed by atoms with E-state index in [1.807, 2.05) is 48.5 Å². The summed E-state index contributed by atoms with van der Waals surface area (Å²) in [5.74, 6) is -2.87. The summed E-state index contributed by atoms with van der Waals surface area (Å²) >= 11 is 0. The zero-order valence-corrected chi connectivity index (χ0v) is 34.5. The number of nitrogens with two attached hydrogens (primary N) is 1. The van der Waals surface area contributed by atoms with Crippen LogP contribution in [0.2, 0.25) is 0 Å². The van der Waals surface area contributed by atoms with E-state index in [0.717, 1.165) is 34.4 Å². The second-order valence-electron chi connectivity index (χ2n) is 14.6. The third-order valence-corrected chi connectivity index (χ3v) is 10.7. The minimum atomic E-state index is -4.51. The molecule has 5 amide bonds. The summed E-state index contributed by atoms with van der Waals surface area (Å²) in [6.07, 6.45) is -2.54. The first-order valence-electron chi connectivity index (χ1n) is 19.4. The number of alkyl carbamates (subject to hydrolysis) is 1. The highest BCUT2D eigenvalue weighted by Gasteiger charge is 2.32. The van der Waals surface area contributed by atoms with Gasteiger partial charge in [-0.2, -0.15) is 8.42 Å². The number of carbonyl (C=O) groups excluding carboxylic acids is 5. The second kappa shape index (κ2) is 21.0. The molecule has 0 saturated carbocycles. The number of nitro benzene ring substituents is 1. The average Bonchev–Trinajstić information content (AvgIpc) is 3.55. The molecule has 62 heavy (non-hydrogen) atoms. The largest absolute Gasteiger partial charge is 0.450 e. The summed E-state index contributed by atoms with van der Waals surface area (Å²) in [6, 6.07) is 21.4. The molecule has 0 fully saturated rings. The Bertz CT molecular complexity index is 2350. The number of ether oxygens (including phenoxy) is 3. The van der Waals surface area contributed by atoms with Crippen LogP contribution in [0.4, 0.5) is 21.0 Å². The monoisotopic (exact) mass is 874 g/mol. The van der Waals surface area contributed by atoms with Gasteiger partial charge in [-0.1, -0.05) is 62.4 Å². The van der Waals surface area contributed by atoms with Gasteiger partial charge < -0.3 is 41.2 Å². The van der Waals surface area contributed by atoms with Gasteiger partial charge in [0, 0.05) is 35.8 Å². The third-order valence-electron chi connectivity index (χ3n) is 9.93. The Morgan fingerprint density at radius 1 is 0.919 bits per heavy atom. The number of nitrogens with zero attached hydrogens (tertiary/aromatic N) is 1. The highest BCUT2D eigenvalue weighted by atomic mass is 32.2. The molecule has 1 unspecified atom stereocenters. The summed E-state index contributed by atoms with van der Waals surface area (Å²) < 4.78 is 49.6. The van der Waals surface area contributed by atoms with Crippen LogP contribution in [0.25, 0.3) is 11.1 Å². The number of urea groups is 1. The molecule has 3 atom stereocenters. The number of rotatable bonds is 21. The lowest BCUT2D eigenvalue weighted by Gasteiger charge is -2.26. The van der Waals surface area contributed by atoms with E-state index in [2.05, 4.69) is 21.3 Å². The number of amides is 5. The molecule has 328 valence electrons. The van der Waals surface area contributed by atoms with Crippen molar-refractivity contribution in [2.45, 2.75) is 57.4 Å². The van der Waals surface area contributed by atoms with Crippen LogP contribution in [0.15, 0.2) is 91.0 Å². The van der Waals surface area contributed by atoms with E-state index in [1.54, 1.807) is 13.8 Å². The third kappa shape index (κ3) is 12.5. The number of benzene rings is 4. The molecule has 19 nitrogen and oxygen atoms in total. The van der Waals surface area contributed by atoms with Gasteiger partial charge in [0.05, 0.1) is 10.7 Å². The predicted octanol–water partition coefficient (Wildman–Crippen LogP) is 4.71. The Balaban J connectivity index is 1.32. The van der Waals surface area contributed by atoms with Gasteiger partial charge in [-0.05, 0) is 83.3 Å². The maximum atomic E-state index is 13.9. The number of non-ortho nitro benzene ring substituents is 1. The highest BCUT2D eigenvalue weighted by molar-refractivity contribution is 7.85. The summed E-state index contributed by atoms with van der Waals surface area (Å²) in [6.45, 7) is 3.53. The van der Waals surface area contributed by atoms with Gasteiger partial charge >= 0.3 is 12.1 Å². The zero-order valence-electron chi connectivity index (χ0n) is 33.6. The SMILES string of the molecule is CC(C)[C@H](NC(=O)OCC1c2ccccc2-c2ccccc21)C(=O)N[C@@H](CCCNC(N)=O)C(=O)Nc1ccc(C(OC=O)Oc2ccc([N+](=O)[O-])cc2)c(CCS(=O)(=O)O)c1. The molecule has 4 aromatic carbocycles. The quantitative estimate of drug-likeness (QED) is 0.0165. The number of nitro groups is 1. The molecule has 5 rings (SSSR count). The van der Waals surface area contributed by atoms with Crippen LogP contribution < -0.4 is 31.7 Å². The number of carbonyl (C=O) groups is 5. The van der Waals surface area contributed by atoms with Crippen LogP contribution in [0.5, 0.6) is 5.75 Å². The first-order chi connectivity index (χ1) is 29.5. The second-order valence-corrected chi connectivity index (χ2v) is 16.1. The molecule has 7 N–H and O–H groups in total. The maximum Gasteiger partial charge on any atom is 0.407 e. The maximum absolute atomic E-state index is 13.9. The molecular weight excluding hydrogens is 829 g/mol. The van der Waals surface area contributed by atoms with Crippen LogP contribution in [0.1, 0.15) is 61.2 Å². The minimum Gasteiger partial charge on any atom is -0.450 e. The lowest BCUT2D eigenvalue weighted by molar-refractivity contribution is -0.384. The molecule has 0 saturated heterocycles. The van der Waals surface area contributed by atoms with E-state index in [0.29, 0.717) is 0 Å². The summed E-state index contributed by atoms with van der Waals surface area (Å²) in [5.41, 5.74) is 9.41. The molecular formula is C42H46N6O13S. The van der Waals surface area contributed by atoms with Gasteiger partial charge in [0.25, 0.3) is 28.6 Å². The zero-order chi connectivity index (χ0) is 45.0. The molecule has 0 spiro atoms. The van der Waals surface area contributed by atoms with Crippen molar-refractivity contribution in [2.24, 2.45) is 11.7 Å². The Hall–Kier alpha value is -7.06. The van der Waals surface area contributed by atoms with Crippen LogP contribution in [-0.2, 0) is 40.4 Å². The molecule has 20 heteroatoms. The molecule has 0 heterocycles. The fraction of sp³-hybridized carbons (Fsp3) is 0.310. The van der Waals surface area contributed by atoms with Gasteiger partial charge in [0.15, 0.2) is 0 Å². The van der Waals surface area contributed by atoms with E-state index >= 15 is 0 Å². The van der Waals surface area contributed by atoms with Gasteiger partial charge in [-0.3, -0.25) is 29.1 Å². The molecule has 4 aromatic rings. The van der Waals surface area contributed by atoms with Crippen LogP contribution in [0.3, 0.4) is 0 Å². The molecule has 1 aliphatic rings. The van der Waals surface area contributed by atoms with Crippen molar-refractivity contribution in [3.8, 4) is 16.9 Å². The number of anilines is 1. The summed E-state index contributed by atoms with van der Waals surface area (Å²) in [4.78, 5) is 74.2. The van der Waals surface area contributed by atoms with Crippen molar-refractivity contribution in [3.05, 3.63) is 123 Å². The smallest absolute Gasteiger partial charge is 0.407 e. The van der Waals surface area contributed by atoms with Crippen LogP contribution in [0, 0.1) is 16.0 Å². The Morgan fingerprint density at radius 3 is 2.15 bits per heavy atom. The normalized spacial score (nSPS) is 13.4. The lowest BCUT2D eigenvalue weighted by atomic mass is 9.98. The first kappa shape index (κ1) is 46.0. The van der Waals surface area contributed by atoms with Crippen molar-refractivity contribution in [3.63, 3.8) is 0 Å². The number of aryl methyl sites for hydroxylation is 1. The van der Waals surface area contributed by atoms with Crippen molar-refractivity contribution in [1.82, 2.24) is 16.0 Å². The van der Waals surface area contributed by atoms with E-state index in [9.17, 15) is 47.1 Å². The van der Waals surface area contributed by atoms with E-state index in [4.69, 9.17) is 19.9 Å². The minimum absolute atomic E-state index is 0.000383. The van der Waals surface area contributed by atoms with Crippen LogP contribution in [-0.4, -0.2) is 79.3 Å². The van der Waals surface area contributed by atoms with Crippen LogP contribution >= 0.6 is 0 Å².